The third kappa shape index (κ3) is 3.61. The minimum Gasteiger partial charge on any atom is -0.480 e. The zero-order valence-corrected chi connectivity index (χ0v) is 10.8. The van der Waals surface area contributed by atoms with Crippen molar-refractivity contribution in [3.8, 4) is 0 Å². The van der Waals surface area contributed by atoms with E-state index in [0.717, 1.165) is 19.4 Å². The summed E-state index contributed by atoms with van der Waals surface area (Å²) in [7, 11) is 0. The Labute approximate surface area is 112 Å². The van der Waals surface area contributed by atoms with Gasteiger partial charge in [0.15, 0.2) is 5.78 Å². The van der Waals surface area contributed by atoms with Gasteiger partial charge in [-0.1, -0.05) is 6.42 Å². The number of likely N-dealkylation sites (tertiary alicyclic amines) is 1. The topological polar surface area (TPSA) is 70.5 Å². The number of piperidine rings is 1. The Kier molecular flexibility index (Phi) is 4.63. The van der Waals surface area contributed by atoms with Crippen molar-refractivity contribution >= 4 is 11.8 Å². The lowest BCUT2D eigenvalue weighted by Crippen LogP contribution is -2.45. The molecule has 19 heavy (non-hydrogen) atoms. The van der Waals surface area contributed by atoms with Gasteiger partial charge < -0.3 is 5.11 Å². The van der Waals surface area contributed by atoms with Crippen molar-refractivity contribution in [3.05, 3.63) is 30.1 Å². The van der Waals surface area contributed by atoms with Crippen LogP contribution in [-0.4, -0.2) is 45.9 Å². The molecule has 2 rings (SSSR count). The lowest BCUT2D eigenvalue weighted by molar-refractivity contribution is -0.144. The highest BCUT2D eigenvalue weighted by Crippen LogP contribution is 2.17. The maximum Gasteiger partial charge on any atom is 0.320 e. The first-order chi connectivity index (χ1) is 9.18. The highest BCUT2D eigenvalue weighted by atomic mass is 16.4. The largest absolute Gasteiger partial charge is 0.480 e. The number of nitrogens with zero attached hydrogens (tertiary/aromatic N) is 2. The first-order valence-electron chi connectivity index (χ1n) is 6.58. The van der Waals surface area contributed by atoms with Crippen LogP contribution in [0.15, 0.2) is 24.5 Å². The quantitative estimate of drug-likeness (QED) is 0.816. The average molecular weight is 262 g/mol. The average Bonchev–Trinajstić information content (AvgIpc) is 2.46. The summed E-state index contributed by atoms with van der Waals surface area (Å²) in [4.78, 5) is 28.9. The van der Waals surface area contributed by atoms with E-state index in [-0.39, 0.29) is 5.78 Å². The second-order valence-electron chi connectivity index (χ2n) is 4.80. The van der Waals surface area contributed by atoms with Gasteiger partial charge in [-0.15, -0.1) is 0 Å². The number of carboxylic acids is 1. The second-order valence-corrected chi connectivity index (χ2v) is 4.80. The highest BCUT2D eigenvalue weighted by molar-refractivity contribution is 5.95. The van der Waals surface area contributed by atoms with Gasteiger partial charge in [0.05, 0.1) is 0 Å². The molecule has 1 fully saturated rings. The normalized spacial score (nSPS) is 20.1. The predicted octanol–water partition coefficient (Wildman–Crippen LogP) is 1.59. The number of ketones is 1. The van der Waals surface area contributed by atoms with E-state index < -0.39 is 12.0 Å². The highest BCUT2D eigenvalue weighted by Gasteiger charge is 2.28. The first-order valence-corrected chi connectivity index (χ1v) is 6.58. The summed E-state index contributed by atoms with van der Waals surface area (Å²) in [6, 6.07) is 3.03. The lowest BCUT2D eigenvalue weighted by Gasteiger charge is -2.32. The van der Waals surface area contributed by atoms with Crippen LogP contribution in [0.2, 0.25) is 0 Å². The van der Waals surface area contributed by atoms with Gasteiger partial charge in [0.1, 0.15) is 6.04 Å². The fourth-order valence-corrected chi connectivity index (χ4v) is 2.46. The van der Waals surface area contributed by atoms with Gasteiger partial charge >= 0.3 is 5.97 Å². The fraction of sp³-hybridized carbons (Fsp3) is 0.500. The Balaban J connectivity index is 1.90. The number of carboxylic acid groups (broad SMARTS) is 1. The van der Waals surface area contributed by atoms with Crippen LogP contribution in [0.5, 0.6) is 0 Å². The standard InChI is InChI=1S/C14H18N2O3/c17-13(11-4-3-7-15-10-11)6-9-16-8-2-1-5-12(16)14(18)19/h3-4,7,10,12H,1-2,5-6,8-9H2,(H,18,19). The molecule has 0 aliphatic carbocycles. The third-order valence-corrected chi connectivity index (χ3v) is 3.51. The van der Waals surface area contributed by atoms with Crippen molar-refractivity contribution in [1.29, 1.82) is 0 Å². The van der Waals surface area contributed by atoms with E-state index in [0.29, 0.717) is 24.9 Å². The molecule has 1 aliphatic rings. The zero-order valence-electron chi connectivity index (χ0n) is 10.8. The molecule has 1 aromatic rings. The van der Waals surface area contributed by atoms with Gasteiger partial charge in [0.25, 0.3) is 0 Å². The molecule has 2 heterocycles. The zero-order chi connectivity index (χ0) is 13.7. The van der Waals surface area contributed by atoms with E-state index in [2.05, 4.69) is 4.98 Å². The van der Waals surface area contributed by atoms with E-state index in [1.807, 2.05) is 4.90 Å². The molecule has 0 bridgehead atoms. The van der Waals surface area contributed by atoms with Crippen LogP contribution in [0.3, 0.4) is 0 Å². The van der Waals surface area contributed by atoms with Crippen LogP contribution >= 0.6 is 0 Å². The van der Waals surface area contributed by atoms with Crippen LogP contribution in [-0.2, 0) is 4.79 Å². The molecule has 1 saturated heterocycles. The van der Waals surface area contributed by atoms with E-state index in [1.165, 1.54) is 0 Å². The van der Waals surface area contributed by atoms with Gasteiger partial charge in [-0.3, -0.25) is 19.5 Å². The Morgan fingerprint density at radius 2 is 2.26 bits per heavy atom. The molecular formula is C14H18N2O3. The van der Waals surface area contributed by atoms with Crippen molar-refractivity contribution < 1.29 is 14.7 Å². The number of rotatable bonds is 5. The molecular weight excluding hydrogens is 244 g/mol. The van der Waals surface area contributed by atoms with Gasteiger partial charge in [-0.25, -0.2) is 0 Å². The monoisotopic (exact) mass is 262 g/mol. The summed E-state index contributed by atoms with van der Waals surface area (Å²) in [6.07, 6.45) is 6.15. The van der Waals surface area contributed by atoms with Crippen molar-refractivity contribution in [2.24, 2.45) is 0 Å². The van der Waals surface area contributed by atoms with E-state index in [4.69, 9.17) is 5.11 Å². The summed E-state index contributed by atoms with van der Waals surface area (Å²) in [5, 5.41) is 9.15. The molecule has 1 atom stereocenters. The molecule has 1 N–H and O–H groups in total. The minimum atomic E-state index is -0.784. The van der Waals surface area contributed by atoms with E-state index >= 15 is 0 Å². The molecule has 0 aromatic carbocycles. The van der Waals surface area contributed by atoms with Crippen LogP contribution in [0.25, 0.3) is 0 Å². The van der Waals surface area contributed by atoms with E-state index in [9.17, 15) is 9.59 Å². The van der Waals surface area contributed by atoms with Gasteiger partial charge in [0.2, 0.25) is 0 Å². The van der Waals surface area contributed by atoms with Gasteiger partial charge in [-0.2, -0.15) is 0 Å². The number of hydrogen-bond donors (Lipinski definition) is 1. The lowest BCUT2D eigenvalue weighted by atomic mass is 10.0. The molecule has 1 aliphatic heterocycles. The maximum absolute atomic E-state index is 11.9. The van der Waals surface area contributed by atoms with Crippen LogP contribution in [0.4, 0.5) is 0 Å². The first kappa shape index (κ1) is 13.7. The van der Waals surface area contributed by atoms with Crippen molar-refractivity contribution in [2.75, 3.05) is 13.1 Å². The number of Topliss-reactive ketones (excluding diaryl/α,β-unsaturated/α-hetero) is 1. The molecule has 1 aromatic heterocycles. The number of carbonyl (C=O) groups excluding carboxylic acids is 1. The summed E-state index contributed by atoms with van der Waals surface area (Å²) in [5.41, 5.74) is 0.589. The summed E-state index contributed by atoms with van der Waals surface area (Å²) in [5.74, 6) is -0.767. The molecule has 1 unspecified atom stereocenters. The molecule has 0 saturated carbocycles. The summed E-state index contributed by atoms with van der Waals surface area (Å²) in [6.45, 7) is 1.27. The molecule has 5 nitrogen and oxygen atoms in total. The minimum absolute atomic E-state index is 0.0165. The van der Waals surface area contributed by atoms with Gasteiger partial charge in [-0.05, 0) is 31.5 Å². The SMILES string of the molecule is O=C(CCN1CCCCC1C(=O)O)c1cccnc1. The molecule has 0 amide bonds. The molecule has 0 radical (unpaired) electrons. The Morgan fingerprint density at radius 1 is 1.42 bits per heavy atom. The van der Waals surface area contributed by atoms with Crippen LogP contribution < -0.4 is 0 Å². The molecule has 0 spiro atoms. The van der Waals surface area contributed by atoms with Crippen molar-refractivity contribution in [3.63, 3.8) is 0 Å². The van der Waals surface area contributed by atoms with Crippen LogP contribution in [0.1, 0.15) is 36.0 Å². The summed E-state index contributed by atoms with van der Waals surface area (Å²) >= 11 is 0. The Hall–Kier alpha value is -1.75. The van der Waals surface area contributed by atoms with Crippen molar-refractivity contribution in [1.82, 2.24) is 9.88 Å². The van der Waals surface area contributed by atoms with Crippen LogP contribution in [0, 0.1) is 0 Å². The fourth-order valence-electron chi connectivity index (χ4n) is 2.46. The summed E-state index contributed by atoms with van der Waals surface area (Å²) < 4.78 is 0. The van der Waals surface area contributed by atoms with E-state index in [1.54, 1.807) is 24.5 Å². The number of hydrogen-bond acceptors (Lipinski definition) is 4. The number of aliphatic carboxylic acids is 1. The van der Waals surface area contributed by atoms with Gasteiger partial charge in [0, 0.05) is 30.9 Å². The predicted molar refractivity (Wildman–Crippen MR) is 70.0 cm³/mol. The third-order valence-electron chi connectivity index (χ3n) is 3.51. The molecule has 102 valence electrons. The number of aromatic nitrogens is 1. The Bertz CT molecular complexity index is 447. The molecule has 5 heteroatoms. The smallest absolute Gasteiger partial charge is 0.320 e. The second kappa shape index (κ2) is 6.43. The number of pyridine rings is 1. The van der Waals surface area contributed by atoms with Crippen molar-refractivity contribution in [2.45, 2.75) is 31.7 Å². The number of carbonyl (C=O) groups is 2. The maximum atomic E-state index is 11.9. The Morgan fingerprint density at radius 3 is 2.95 bits per heavy atom.